The number of aryl methyl sites for hydroxylation is 1. The fraction of sp³-hybridized carbons (Fsp3) is 0.0500. The van der Waals surface area contributed by atoms with E-state index >= 15 is 0 Å². The molecule has 128 valence electrons. The Labute approximate surface area is 149 Å². The van der Waals surface area contributed by atoms with Crippen LogP contribution in [0.25, 0.3) is 16.9 Å². The van der Waals surface area contributed by atoms with Crippen molar-refractivity contribution in [3.8, 4) is 11.3 Å². The molecule has 0 saturated heterocycles. The predicted octanol–water partition coefficient (Wildman–Crippen LogP) is 4.10. The number of hydrogen-bond acceptors (Lipinski definition) is 3. The van der Waals surface area contributed by atoms with Gasteiger partial charge in [0.2, 0.25) is 0 Å². The summed E-state index contributed by atoms with van der Waals surface area (Å²) in [6, 6.07) is 13.7. The maximum Gasteiger partial charge on any atom is 0.259 e. The number of nitrogens with zero attached hydrogens (tertiary/aromatic N) is 3. The summed E-state index contributed by atoms with van der Waals surface area (Å²) in [6.45, 7) is 1.89. The number of imidazole rings is 1. The second-order valence-corrected chi connectivity index (χ2v) is 5.94. The number of rotatable bonds is 3. The summed E-state index contributed by atoms with van der Waals surface area (Å²) in [7, 11) is 0. The number of carbonyl (C=O) groups excluding carboxylic acids is 1. The van der Waals surface area contributed by atoms with Crippen molar-refractivity contribution in [2.75, 3.05) is 5.32 Å². The fourth-order valence-electron chi connectivity index (χ4n) is 2.79. The van der Waals surface area contributed by atoms with E-state index in [-0.39, 0.29) is 5.56 Å². The lowest BCUT2D eigenvalue weighted by Crippen LogP contribution is -2.14. The van der Waals surface area contributed by atoms with Gasteiger partial charge >= 0.3 is 0 Å². The van der Waals surface area contributed by atoms with Gasteiger partial charge in [0.05, 0.1) is 17.5 Å². The van der Waals surface area contributed by atoms with Crippen LogP contribution < -0.4 is 5.32 Å². The molecule has 3 aromatic heterocycles. The predicted molar refractivity (Wildman–Crippen MR) is 97.5 cm³/mol. The van der Waals surface area contributed by atoms with E-state index in [0.29, 0.717) is 11.4 Å². The molecule has 1 aromatic carbocycles. The number of anilines is 1. The van der Waals surface area contributed by atoms with Crippen LogP contribution in [0.3, 0.4) is 0 Å². The van der Waals surface area contributed by atoms with Gasteiger partial charge in [-0.1, -0.05) is 12.1 Å². The first-order chi connectivity index (χ1) is 12.6. The minimum absolute atomic E-state index is 0.0362. The largest absolute Gasteiger partial charge is 0.306 e. The Morgan fingerprint density at radius 3 is 2.81 bits per heavy atom. The van der Waals surface area contributed by atoms with Crippen LogP contribution in [0.2, 0.25) is 0 Å². The van der Waals surface area contributed by atoms with Gasteiger partial charge in [-0.25, -0.2) is 14.4 Å². The van der Waals surface area contributed by atoms with Crippen LogP contribution in [0, 0.1) is 12.7 Å². The lowest BCUT2D eigenvalue weighted by molar-refractivity contribution is 0.102. The molecule has 26 heavy (non-hydrogen) atoms. The Kier molecular flexibility index (Phi) is 3.93. The van der Waals surface area contributed by atoms with Gasteiger partial charge in [0.15, 0.2) is 0 Å². The van der Waals surface area contributed by atoms with E-state index < -0.39 is 11.7 Å². The normalized spacial score (nSPS) is 10.8. The van der Waals surface area contributed by atoms with Crippen molar-refractivity contribution in [1.29, 1.82) is 0 Å². The third-order valence-corrected chi connectivity index (χ3v) is 4.08. The second-order valence-electron chi connectivity index (χ2n) is 5.94. The molecule has 1 amide bonds. The van der Waals surface area contributed by atoms with E-state index in [1.54, 1.807) is 24.5 Å². The monoisotopic (exact) mass is 346 g/mol. The zero-order valence-electron chi connectivity index (χ0n) is 14.0. The molecular formula is C20H15FN4O. The van der Waals surface area contributed by atoms with Gasteiger partial charge in [0, 0.05) is 18.0 Å². The fourth-order valence-corrected chi connectivity index (χ4v) is 2.79. The van der Waals surface area contributed by atoms with Gasteiger partial charge in [-0.05, 0) is 48.9 Å². The van der Waals surface area contributed by atoms with Gasteiger partial charge in [-0.15, -0.1) is 0 Å². The maximum atomic E-state index is 14.6. The number of pyridine rings is 2. The number of carbonyl (C=O) groups is 1. The van der Waals surface area contributed by atoms with Crippen LogP contribution in [0.4, 0.5) is 10.2 Å². The maximum absolute atomic E-state index is 14.6. The Morgan fingerprint density at radius 1 is 1.12 bits per heavy atom. The molecule has 0 spiro atoms. The summed E-state index contributed by atoms with van der Waals surface area (Å²) in [6.07, 6.45) is 5.13. The van der Waals surface area contributed by atoms with E-state index in [4.69, 9.17) is 0 Å². The highest BCUT2D eigenvalue weighted by molar-refractivity contribution is 6.04. The summed E-state index contributed by atoms with van der Waals surface area (Å²) in [4.78, 5) is 20.7. The molecular weight excluding hydrogens is 331 g/mol. The average molecular weight is 346 g/mol. The summed E-state index contributed by atoms with van der Waals surface area (Å²) >= 11 is 0. The Balaban J connectivity index is 1.64. The molecule has 6 heteroatoms. The molecule has 4 rings (SSSR count). The molecule has 0 radical (unpaired) electrons. The third-order valence-electron chi connectivity index (χ3n) is 4.08. The van der Waals surface area contributed by atoms with Crippen LogP contribution >= 0.6 is 0 Å². The smallest absolute Gasteiger partial charge is 0.259 e. The molecule has 4 aromatic rings. The molecule has 0 fully saturated rings. The molecule has 0 saturated carbocycles. The number of fused-ring (bicyclic) bond motifs is 1. The van der Waals surface area contributed by atoms with Gasteiger partial charge in [0.1, 0.15) is 17.3 Å². The van der Waals surface area contributed by atoms with E-state index in [1.165, 1.54) is 12.1 Å². The van der Waals surface area contributed by atoms with Crippen molar-refractivity contribution >= 4 is 17.4 Å². The van der Waals surface area contributed by atoms with E-state index in [0.717, 1.165) is 16.9 Å². The molecule has 5 nitrogen and oxygen atoms in total. The van der Waals surface area contributed by atoms with Crippen molar-refractivity contribution in [2.45, 2.75) is 6.92 Å². The average Bonchev–Trinajstić information content (AvgIpc) is 3.05. The van der Waals surface area contributed by atoms with Gasteiger partial charge in [-0.2, -0.15) is 0 Å². The molecule has 0 atom stereocenters. The first-order valence-electron chi connectivity index (χ1n) is 8.08. The van der Waals surface area contributed by atoms with Gasteiger partial charge < -0.3 is 5.32 Å². The number of hydrogen-bond donors (Lipinski definition) is 1. The minimum Gasteiger partial charge on any atom is -0.306 e. The highest BCUT2D eigenvalue weighted by Crippen LogP contribution is 2.23. The highest BCUT2D eigenvalue weighted by Gasteiger charge is 2.15. The second kappa shape index (κ2) is 6.40. The molecule has 1 N–H and O–H groups in total. The van der Waals surface area contributed by atoms with Crippen LogP contribution in [-0.4, -0.2) is 20.3 Å². The Hall–Kier alpha value is -3.54. The van der Waals surface area contributed by atoms with Crippen molar-refractivity contribution in [3.63, 3.8) is 0 Å². The lowest BCUT2D eigenvalue weighted by Gasteiger charge is -2.08. The lowest BCUT2D eigenvalue weighted by atomic mass is 10.1. The summed E-state index contributed by atoms with van der Waals surface area (Å²) in [5.41, 5.74) is 3.10. The van der Waals surface area contributed by atoms with Crippen LogP contribution in [0.15, 0.2) is 67.1 Å². The van der Waals surface area contributed by atoms with Crippen LogP contribution in [0.1, 0.15) is 15.9 Å². The molecule has 3 heterocycles. The molecule has 0 aliphatic rings. The van der Waals surface area contributed by atoms with Gasteiger partial charge in [-0.3, -0.25) is 9.20 Å². The van der Waals surface area contributed by atoms with Crippen molar-refractivity contribution in [2.24, 2.45) is 0 Å². The van der Waals surface area contributed by atoms with E-state index in [9.17, 15) is 9.18 Å². The Bertz CT molecular complexity index is 1120. The number of aromatic nitrogens is 3. The van der Waals surface area contributed by atoms with Crippen molar-refractivity contribution in [3.05, 3.63) is 84.1 Å². The molecule has 0 unspecified atom stereocenters. The van der Waals surface area contributed by atoms with E-state index in [1.807, 2.05) is 41.8 Å². The first kappa shape index (κ1) is 16.0. The highest BCUT2D eigenvalue weighted by atomic mass is 19.1. The summed E-state index contributed by atoms with van der Waals surface area (Å²) in [5, 5.41) is 2.62. The number of halogens is 1. The standard InChI is InChI=1S/C20H15FN4O/c1-13-7-8-22-18(10-13)24-20(26)15-6-5-14(11-16(15)21)17-12-23-19-4-2-3-9-25(17)19/h2-12H,1H3,(H,22,24,26). The summed E-state index contributed by atoms with van der Waals surface area (Å²) < 4.78 is 16.4. The topological polar surface area (TPSA) is 59.3 Å². The van der Waals surface area contributed by atoms with E-state index in [2.05, 4.69) is 15.3 Å². The van der Waals surface area contributed by atoms with Crippen LogP contribution in [0.5, 0.6) is 0 Å². The van der Waals surface area contributed by atoms with Crippen molar-refractivity contribution < 1.29 is 9.18 Å². The number of nitrogens with one attached hydrogen (secondary N) is 1. The number of benzene rings is 1. The van der Waals surface area contributed by atoms with Crippen LogP contribution in [-0.2, 0) is 0 Å². The summed E-state index contributed by atoms with van der Waals surface area (Å²) in [5.74, 6) is -0.746. The Morgan fingerprint density at radius 2 is 2.00 bits per heavy atom. The zero-order valence-corrected chi connectivity index (χ0v) is 14.0. The van der Waals surface area contributed by atoms with Gasteiger partial charge in [0.25, 0.3) is 5.91 Å². The number of amides is 1. The quantitative estimate of drug-likeness (QED) is 0.608. The van der Waals surface area contributed by atoms with Crippen molar-refractivity contribution in [1.82, 2.24) is 14.4 Å². The molecule has 0 bridgehead atoms. The minimum atomic E-state index is -0.599. The SMILES string of the molecule is Cc1ccnc(NC(=O)c2ccc(-c3cnc4ccccn34)cc2F)c1. The first-order valence-corrected chi connectivity index (χ1v) is 8.08. The third kappa shape index (κ3) is 2.93. The molecule has 0 aliphatic heterocycles. The molecule has 0 aliphatic carbocycles. The zero-order chi connectivity index (χ0) is 18.1.